The minimum Gasteiger partial charge on any atom is -0.494 e. The summed E-state index contributed by atoms with van der Waals surface area (Å²) in [6, 6.07) is 22.4. The second-order valence-corrected chi connectivity index (χ2v) is 9.48. The van der Waals surface area contributed by atoms with Crippen LogP contribution in [0.2, 0.25) is 0 Å². The van der Waals surface area contributed by atoms with Crippen molar-refractivity contribution < 1.29 is 32.5 Å². The minimum atomic E-state index is -4.58. The molecular weight excluding hydrogens is 565 g/mol. The first-order chi connectivity index (χ1) is 20.8. The highest BCUT2D eigenvalue weighted by atomic mass is 19.4. The van der Waals surface area contributed by atoms with Gasteiger partial charge in [-0.05, 0) is 35.4 Å². The predicted octanol–water partition coefficient (Wildman–Crippen LogP) is 5.93. The molecular formula is C30H29F3N6O4. The van der Waals surface area contributed by atoms with Crippen molar-refractivity contribution in [3.8, 4) is 5.75 Å². The number of aliphatic hydroxyl groups excluding tert-OH is 1. The van der Waals surface area contributed by atoms with E-state index in [0.29, 0.717) is 29.9 Å². The molecule has 10 nitrogen and oxygen atoms in total. The summed E-state index contributed by atoms with van der Waals surface area (Å²) in [6.07, 6.45) is -1.93. The maximum Gasteiger partial charge on any atom is 0.402 e. The van der Waals surface area contributed by atoms with Gasteiger partial charge in [-0.15, -0.1) is 0 Å². The number of alkyl halides is 3. The van der Waals surface area contributed by atoms with Crippen LogP contribution in [-0.2, 0) is 9.53 Å². The lowest BCUT2D eigenvalue weighted by Gasteiger charge is -2.30. The lowest BCUT2D eigenvalue weighted by Crippen LogP contribution is -2.54. The number of azide groups is 1. The normalized spacial score (nSPS) is 18.0. The number of rotatable bonds is 13. The van der Waals surface area contributed by atoms with Gasteiger partial charge in [0.15, 0.2) is 11.6 Å². The molecule has 1 heterocycles. The van der Waals surface area contributed by atoms with Crippen LogP contribution in [0.25, 0.3) is 16.5 Å². The number of hydrogen-bond acceptors (Lipinski definition) is 7. The van der Waals surface area contributed by atoms with E-state index >= 15 is 0 Å². The lowest BCUT2D eigenvalue weighted by atomic mass is 9.83. The number of hydrazine groups is 1. The molecule has 0 saturated heterocycles. The number of nitrogens with zero attached hydrogens (tertiary/aromatic N) is 4. The van der Waals surface area contributed by atoms with Gasteiger partial charge in [0, 0.05) is 41.2 Å². The summed E-state index contributed by atoms with van der Waals surface area (Å²) in [5.74, 6) is -0.289. The zero-order valence-electron chi connectivity index (χ0n) is 22.9. The van der Waals surface area contributed by atoms with Gasteiger partial charge in [0.05, 0.1) is 6.61 Å². The Balaban J connectivity index is 1.78. The third-order valence-corrected chi connectivity index (χ3v) is 6.43. The van der Waals surface area contributed by atoms with Crippen LogP contribution in [0.5, 0.6) is 5.75 Å². The Morgan fingerprint density at radius 3 is 2.53 bits per heavy atom. The molecule has 0 bridgehead atoms. The topological polar surface area (TPSA) is 141 Å². The molecule has 1 amide bonds. The smallest absolute Gasteiger partial charge is 0.402 e. The van der Waals surface area contributed by atoms with E-state index in [9.17, 15) is 23.5 Å². The van der Waals surface area contributed by atoms with Crippen molar-refractivity contribution in [3.63, 3.8) is 0 Å². The van der Waals surface area contributed by atoms with Crippen LogP contribution in [0.4, 0.5) is 18.9 Å². The fourth-order valence-corrected chi connectivity index (χ4v) is 4.41. The van der Waals surface area contributed by atoms with Crippen molar-refractivity contribution >= 4 is 23.6 Å². The Morgan fingerprint density at radius 2 is 1.84 bits per heavy atom. The molecule has 0 aromatic heterocycles. The maximum atomic E-state index is 13.8. The first-order valence-electron chi connectivity index (χ1n) is 13.3. The Morgan fingerprint density at radius 1 is 1.12 bits per heavy atom. The van der Waals surface area contributed by atoms with E-state index in [4.69, 9.17) is 19.6 Å². The second kappa shape index (κ2) is 14.4. The summed E-state index contributed by atoms with van der Waals surface area (Å²) < 4.78 is 50.6. The van der Waals surface area contributed by atoms with Crippen molar-refractivity contribution in [3.05, 3.63) is 112 Å². The van der Waals surface area contributed by atoms with Gasteiger partial charge in [-0.2, -0.15) is 13.2 Å². The molecule has 13 heteroatoms. The fraction of sp³-hybridized carbons (Fsp3) is 0.267. The quantitative estimate of drug-likeness (QED) is 0.0739. The fourth-order valence-electron chi connectivity index (χ4n) is 4.41. The number of hydrogen-bond donors (Lipinski definition) is 3. The number of carbonyl (C=O) groups excluding carboxylic acids is 1. The molecule has 4 rings (SSSR count). The van der Waals surface area contributed by atoms with E-state index < -0.39 is 30.3 Å². The minimum absolute atomic E-state index is 0.0118. The molecule has 1 aliphatic heterocycles. The molecule has 3 aromatic carbocycles. The molecule has 0 saturated carbocycles. The molecule has 3 aromatic rings. The van der Waals surface area contributed by atoms with E-state index in [-0.39, 0.29) is 24.6 Å². The van der Waals surface area contributed by atoms with Crippen molar-refractivity contribution in [1.29, 1.82) is 0 Å². The van der Waals surface area contributed by atoms with Crippen molar-refractivity contribution in [2.24, 2.45) is 10.1 Å². The SMILES string of the molecule is [N-]=[N+]=Nc1ccccc1[C@@H]1OC(c2ccc(OCCCO)cc2)=N[C@]1(C/C=C/c1ccccc1)C(=O)NNCC(F)(F)F. The second-order valence-electron chi connectivity index (χ2n) is 9.48. The molecule has 1 aliphatic rings. The van der Waals surface area contributed by atoms with Crippen LogP contribution in [0, 0.1) is 0 Å². The number of benzene rings is 3. The van der Waals surface area contributed by atoms with Gasteiger partial charge in [-0.25, -0.2) is 10.4 Å². The summed E-state index contributed by atoms with van der Waals surface area (Å²) in [5.41, 5.74) is 13.3. The summed E-state index contributed by atoms with van der Waals surface area (Å²) >= 11 is 0. The highest BCUT2D eigenvalue weighted by Crippen LogP contribution is 2.45. The van der Waals surface area contributed by atoms with E-state index in [2.05, 4.69) is 15.5 Å². The third kappa shape index (κ3) is 8.13. The molecule has 224 valence electrons. The maximum absolute atomic E-state index is 13.8. The van der Waals surface area contributed by atoms with E-state index in [1.165, 1.54) is 0 Å². The molecule has 0 radical (unpaired) electrons. The van der Waals surface area contributed by atoms with Gasteiger partial charge >= 0.3 is 6.18 Å². The number of halogens is 3. The van der Waals surface area contributed by atoms with Crippen LogP contribution in [0.15, 0.2) is 95.0 Å². The average Bonchev–Trinajstić information content (AvgIpc) is 3.38. The Labute approximate surface area is 245 Å². The monoisotopic (exact) mass is 594 g/mol. The third-order valence-electron chi connectivity index (χ3n) is 6.43. The van der Waals surface area contributed by atoms with E-state index in [1.54, 1.807) is 60.7 Å². The molecule has 3 N–H and O–H groups in total. The summed E-state index contributed by atoms with van der Waals surface area (Å²) in [7, 11) is 0. The van der Waals surface area contributed by atoms with Crippen molar-refractivity contribution in [2.75, 3.05) is 19.8 Å². The zero-order valence-corrected chi connectivity index (χ0v) is 22.9. The van der Waals surface area contributed by atoms with Gasteiger partial charge < -0.3 is 14.6 Å². The summed E-state index contributed by atoms with van der Waals surface area (Å²) in [6.45, 7) is -1.17. The Kier molecular flexibility index (Phi) is 10.4. The average molecular weight is 595 g/mol. The number of ether oxygens (including phenoxy) is 2. The van der Waals surface area contributed by atoms with Crippen LogP contribution in [0.3, 0.4) is 0 Å². The largest absolute Gasteiger partial charge is 0.494 e. The highest BCUT2D eigenvalue weighted by Gasteiger charge is 2.53. The van der Waals surface area contributed by atoms with Gasteiger partial charge in [-0.3, -0.25) is 10.2 Å². The van der Waals surface area contributed by atoms with E-state index in [0.717, 1.165) is 5.56 Å². The number of aliphatic imine (C=N–C) groups is 1. The molecule has 2 atom stereocenters. The standard InChI is InChI=1S/C30H29F3N6O4/c31-30(32,33)20-35-38-28(41)29(17-6-10-21-8-2-1-3-9-21)26(24-11-4-5-12-25(24)37-39-34)43-27(36-29)22-13-15-23(16-14-22)42-19-7-18-40/h1-6,8-16,26,35,40H,7,17-20H2,(H,38,41)/b10-6+/t26-,29-/m0/s1. The number of amides is 1. The summed E-state index contributed by atoms with van der Waals surface area (Å²) in [4.78, 5) is 21.4. The lowest BCUT2D eigenvalue weighted by molar-refractivity contribution is -0.136. The molecule has 0 spiro atoms. The van der Waals surface area contributed by atoms with Gasteiger partial charge in [0.2, 0.25) is 5.90 Å². The highest BCUT2D eigenvalue weighted by molar-refractivity contribution is 6.01. The Bertz CT molecular complexity index is 1490. The molecule has 0 fully saturated rings. The van der Waals surface area contributed by atoms with Gasteiger partial charge in [0.25, 0.3) is 5.91 Å². The summed E-state index contributed by atoms with van der Waals surface area (Å²) in [5, 5.41) is 12.7. The molecule has 0 aliphatic carbocycles. The first kappa shape index (κ1) is 31.1. The first-order valence-corrected chi connectivity index (χ1v) is 13.3. The van der Waals surface area contributed by atoms with Gasteiger partial charge in [-0.1, -0.05) is 71.9 Å². The van der Waals surface area contributed by atoms with Crippen LogP contribution in [0.1, 0.15) is 35.6 Å². The zero-order chi connectivity index (χ0) is 30.7. The molecule has 43 heavy (non-hydrogen) atoms. The van der Waals surface area contributed by atoms with Crippen LogP contribution < -0.4 is 15.6 Å². The van der Waals surface area contributed by atoms with Crippen molar-refractivity contribution in [2.45, 2.75) is 30.7 Å². The number of carbonyl (C=O) groups is 1. The number of aliphatic hydroxyl groups is 1. The van der Waals surface area contributed by atoms with Crippen LogP contribution >= 0.6 is 0 Å². The number of nitrogens with one attached hydrogen (secondary N) is 2. The van der Waals surface area contributed by atoms with Crippen LogP contribution in [-0.4, -0.2) is 48.4 Å². The van der Waals surface area contributed by atoms with Crippen molar-refractivity contribution in [1.82, 2.24) is 10.9 Å². The van der Waals surface area contributed by atoms with Gasteiger partial charge in [0.1, 0.15) is 12.3 Å². The Hall–Kier alpha value is -4.84. The predicted molar refractivity (Wildman–Crippen MR) is 154 cm³/mol. The molecule has 0 unspecified atom stereocenters. The van der Waals surface area contributed by atoms with E-state index in [1.807, 2.05) is 35.8 Å².